The normalized spacial score (nSPS) is 11.3. The van der Waals surface area contributed by atoms with Crippen LogP contribution in [0.2, 0.25) is 0 Å². The van der Waals surface area contributed by atoms with Gasteiger partial charge in [0.25, 0.3) is 0 Å². The molecule has 0 amide bonds. The second kappa shape index (κ2) is 22.8. The van der Waals surface area contributed by atoms with Crippen molar-refractivity contribution in [3.8, 4) is 5.75 Å². The van der Waals surface area contributed by atoms with Crippen LogP contribution in [0.5, 0.6) is 5.75 Å². The number of ketones is 1. The van der Waals surface area contributed by atoms with Gasteiger partial charge in [0.1, 0.15) is 5.75 Å². The van der Waals surface area contributed by atoms with Crippen molar-refractivity contribution in [3.63, 3.8) is 0 Å². The average molecular weight is 551 g/mol. The molecule has 0 saturated heterocycles. The van der Waals surface area contributed by atoms with Crippen LogP contribution in [-0.4, -0.2) is 18.1 Å². The first kappa shape index (κ1) is 33.2. The Morgan fingerprint density at radius 1 is 0.641 bits per heavy atom. The summed E-state index contributed by atoms with van der Waals surface area (Å²) in [5.74, 6) is 2.02. The molecule has 0 heterocycles. The highest BCUT2D eigenvalue weighted by Gasteiger charge is 2.03. The lowest BCUT2D eigenvalue weighted by Crippen LogP contribution is -1.99. The van der Waals surface area contributed by atoms with Crippen LogP contribution < -0.4 is 4.74 Å². The zero-order chi connectivity index (χ0) is 27.8. The number of unbranched alkanes of at least 4 members (excludes halogenated alkanes) is 15. The Hall–Kier alpha value is -2.00. The fourth-order valence-corrected chi connectivity index (χ4v) is 5.65. The summed E-state index contributed by atoms with van der Waals surface area (Å²) in [5.41, 5.74) is 1.74. The van der Waals surface area contributed by atoms with Crippen molar-refractivity contribution in [2.24, 2.45) is 0 Å². The van der Waals surface area contributed by atoms with Gasteiger partial charge in [-0.1, -0.05) is 128 Å². The molecule has 0 fully saturated rings. The van der Waals surface area contributed by atoms with Gasteiger partial charge in [-0.15, -0.1) is 11.8 Å². The number of hydrogen-bond acceptors (Lipinski definition) is 3. The average Bonchev–Trinajstić information content (AvgIpc) is 2.97. The lowest BCUT2D eigenvalue weighted by molar-refractivity contribution is 0.104. The molecule has 3 heteroatoms. The Kier molecular flexibility index (Phi) is 19.4. The number of rotatable bonds is 24. The number of carbonyl (C=O) groups excluding carboxylic acids is 1. The SMILES string of the molecule is CCCCCCCCCCCCCCCCCOc1ccc(C(=O)C=Cc2ccc(SCCCC)cc2)cc1. The maximum absolute atomic E-state index is 12.6. The quantitative estimate of drug-likeness (QED) is 0.0562. The fourth-order valence-electron chi connectivity index (χ4n) is 4.66. The lowest BCUT2D eigenvalue weighted by atomic mass is 10.0. The zero-order valence-electron chi connectivity index (χ0n) is 24.9. The van der Waals surface area contributed by atoms with E-state index in [2.05, 4.69) is 38.1 Å². The van der Waals surface area contributed by atoms with E-state index in [0.29, 0.717) is 5.56 Å². The molecule has 0 aliphatic heterocycles. The predicted octanol–water partition coefficient (Wildman–Crippen LogP) is 11.7. The first-order valence-electron chi connectivity index (χ1n) is 15.9. The van der Waals surface area contributed by atoms with Crippen LogP contribution in [-0.2, 0) is 0 Å². The van der Waals surface area contributed by atoms with Crippen molar-refractivity contribution in [1.29, 1.82) is 0 Å². The summed E-state index contributed by atoms with van der Waals surface area (Å²) in [6, 6.07) is 16.0. The van der Waals surface area contributed by atoms with Gasteiger partial charge in [0.05, 0.1) is 6.61 Å². The van der Waals surface area contributed by atoms with Gasteiger partial charge in [-0.25, -0.2) is 0 Å². The van der Waals surface area contributed by atoms with Crippen LogP contribution in [0.15, 0.2) is 59.5 Å². The van der Waals surface area contributed by atoms with Gasteiger partial charge < -0.3 is 4.74 Å². The van der Waals surface area contributed by atoms with E-state index in [1.807, 2.05) is 42.1 Å². The molecule has 39 heavy (non-hydrogen) atoms. The Balaban J connectivity index is 1.49. The third kappa shape index (κ3) is 16.6. The van der Waals surface area contributed by atoms with Gasteiger partial charge in [0, 0.05) is 10.5 Å². The van der Waals surface area contributed by atoms with Crippen molar-refractivity contribution in [2.75, 3.05) is 12.4 Å². The van der Waals surface area contributed by atoms with Crippen LogP contribution in [0.1, 0.15) is 139 Å². The molecule has 0 bridgehead atoms. The standard InChI is InChI=1S/C36H54O2S/c1-3-5-7-8-9-10-11-12-13-14-15-16-17-18-19-30-38-34-25-23-33(24-26-34)36(37)29-22-32-20-27-35(28-21-32)39-31-6-4-2/h20-29H,3-19,30-31H2,1-2H3. The highest BCUT2D eigenvalue weighted by molar-refractivity contribution is 7.99. The van der Waals surface area contributed by atoms with Crippen molar-refractivity contribution in [2.45, 2.75) is 128 Å². The number of benzene rings is 2. The number of ether oxygens (including phenoxy) is 1. The highest BCUT2D eigenvalue weighted by atomic mass is 32.2. The number of hydrogen-bond donors (Lipinski definition) is 0. The molecule has 0 N–H and O–H groups in total. The summed E-state index contributed by atoms with van der Waals surface area (Å²) < 4.78 is 5.90. The fraction of sp³-hybridized carbons (Fsp3) is 0.583. The van der Waals surface area contributed by atoms with Crippen LogP contribution in [0.3, 0.4) is 0 Å². The molecule has 0 saturated carbocycles. The van der Waals surface area contributed by atoms with Crippen molar-refractivity contribution >= 4 is 23.6 Å². The number of thioether (sulfide) groups is 1. The molecular formula is C36H54O2S. The molecule has 0 atom stereocenters. The summed E-state index contributed by atoms with van der Waals surface area (Å²) in [5, 5.41) is 0. The molecule has 0 unspecified atom stereocenters. The lowest BCUT2D eigenvalue weighted by Gasteiger charge is -2.07. The largest absolute Gasteiger partial charge is 0.494 e. The molecule has 0 radical (unpaired) electrons. The summed E-state index contributed by atoms with van der Waals surface area (Å²) in [7, 11) is 0. The molecule has 216 valence electrons. The molecule has 0 spiro atoms. The van der Waals surface area contributed by atoms with Crippen LogP contribution in [0.25, 0.3) is 6.08 Å². The minimum Gasteiger partial charge on any atom is -0.494 e. The van der Waals surface area contributed by atoms with Crippen LogP contribution in [0, 0.1) is 0 Å². The third-order valence-electron chi connectivity index (χ3n) is 7.23. The molecule has 0 aliphatic carbocycles. The molecule has 2 aromatic rings. The van der Waals surface area contributed by atoms with E-state index in [9.17, 15) is 4.79 Å². The minimum absolute atomic E-state index is 0.0188. The van der Waals surface area contributed by atoms with E-state index >= 15 is 0 Å². The van der Waals surface area contributed by atoms with Crippen molar-refractivity contribution in [3.05, 3.63) is 65.7 Å². The van der Waals surface area contributed by atoms with Gasteiger partial charge in [-0.3, -0.25) is 4.79 Å². The van der Waals surface area contributed by atoms with Crippen molar-refractivity contribution in [1.82, 2.24) is 0 Å². The molecule has 2 rings (SSSR count). The maximum atomic E-state index is 12.6. The second-order valence-electron chi connectivity index (χ2n) is 10.8. The first-order chi connectivity index (χ1) is 19.2. The molecule has 0 aliphatic rings. The van der Waals surface area contributed by atoms with Crippen LogP contribution >= 0.6 is 11.8 Å². The highest BCUT2D eigenvalue weighted by Crippen LogP contribution is 2.21. The summed E-state index contributed by atoms with van der Waals surface area (Å²) in [6.07, 6.45) is 26.6. The second-order valence-corrected chi connectivity index (χ2v) is 12.0. The monoisotopic (exact) mass is 550 g/mol. The summed E-state index contributed by atoms with van der Waals surface area (Å²) in [4.78, 5) is 13.8. The van der Waals surface area contributed by atoms with Gasteiger partial charge in [-0.05, 0) is 66.6 Å². The Bertz CT molecular complexity index is 885. The summed E-state index contributed by atoms with van der Waals surface area (Å²) in [6.45, 7) is 5.25. The smallest absolute Gasteiger partial charge is 0.185 e. The Labute approximate surface area is 244 Å². The Morgan fingerprint density at radius 3 is 1.69 bits per heavy atom. The van der Waals surface area contributed by atoms with E-state index in [1.165, 1.54) is 108 Å². The predicted molar refractivity (Wildman–Crippen MR) is 172 cm³/mol. The van der Waals surface area contributed by atoms with E-state index in [4.69, 9.17) is 4.74 Å². The van der Waals surface area contributed by atoms with Crippen LogP contribution in [0.4, 0.5) is 0 Å². The van der Waals surface area contributed by atoms with Crippen molar-refractivity contribution < 1.29 is 9.53 Å². The first-order valence-corrected chi connectivity index (χ1v) is 16.9. The van der Waals surface area contributed by atoms with E-state index in [0.717, 1.165) is 30.1 Å². The number of carbonyl (C=O) groups is 1. The third-order valence-corrected chi connectivity index (χ3v) is 8.33. The van der Waals surface area contributed by atoms with Gasteiger partial charge in [-0.2, -0.15) is 0 Å². The minimum atomic E-state index is 0.0188. The Morgan fingerprint density at radius 2 is 1.15 bits per heavy atom. The summed E-state index contributed by atoms with van der Waals surface area (Å²) >= 11 is 1.89. The maximum Gasteiger partial charge on any atom is 0.185 e. The molecule has 0 aromatic heterocycles. The van der Waals surface area contributed by atoms with Gasteiger partial charge in [0.2, 0.25) is 0 Å². The van der Waals surface area contributed by atoms with Gasteiger partial charge in [0.15, 0.2) is 5.78 Å². The zero-order valence-corrected chi connectivity index (χ0v) is 25.7. The molecular weight excluding hydrogens is 496 g/mol. The van der Waals surface area contributed by atoms with E-state index < -0.39 is 0 Å². The molecule has 2 aromatic carbocycles. The number of allylic oxidation sites excluding steroid dienone is 1. The van der Waals surface area contributed by atoms with E-state index in [-0.39, 0.29) is 5.78 Å². The topological polar surface area (TPSA) is 26.3 Å². The van der Waals surface area contributed by atoms with Gasteiger partial charge >= 0.3 is 0 Å². The molecule has 2 nitrogen and oxygen atoms in total. The van der Waals surface area contributed by atoms with E-state index in [1.54, 1.807) is 6.08 Å².